The van der Waals surface area contributed by atoms with Crippen molar-refractivity contribution in [2.45, 2.75) is 31.2 Å². The van der Waals surface area contributed by atoms with Gasteiger partial charge in [0.05, 0.1) is 0 Å². The summed E-state index contributed by atoms with van der Waals surface area (Å²) in [6.07, 6.45) is 3.36. The van der Waals surface area contributed by atoms with Gasteiger partial charge in [-0.15, -0.1) is 0 Å². The van der Waals surface area contributed by atoms with E-state index in [0.717, 1.165) is 19.3 Å². The van der Waals surface area contributed by atoms with Gasteiger partial charge in [0.25, 0.3) is 0 Å². The quantitative estimate of drug-likeness (QED) is 0.852. The van der Waals surface area contributed by atoms with Gasteiger partial charge in [-0.1, -0.05) is 0 Å². The van der Waals surface area contributed by atoms with Crippen LogP contribution in [0.15, 0.2) is 18.2 Å². The first-order valence-electron chi connectivity index (χ1n) is 6.13. The van der Waals surface area contributed by atoms with Gasteiger partial charge in [-0.05, 0) is 31.4 Å². The van der Waals surface area contributed by atoms with Crippen LogP contribution in [0.5, 0.6) is 11.5 Å². The van der Waals surface area contributed by atoms with Crippen molar-refractivity contribution in [3.05, 3.63) is 18.2 Å². The molecule has 3 rings (SSSR count). The third kappa shape index (κ3) is 2.13. The number of carbonyl (C=O) groups is 1. The van der Waals surface area contributed by atoms with Crippen LogP contribution < -0.4 is 20.5 Å². The van der Waals surface area contributed by atoms with Crippen molar-refractivity contribution in [3.63, 3.8) is 0 Å². The number of anilines is 1. The molecule has 5 nitrogen and oxygen atoms in total. The van der Waals surface area contributed by atoms with E-state index in [-0.39, 0.29) is 18.2 Å². The lowest BCUT2D eigenvalue weighted by Gasteiger charge is -2.37. The predicted octanol–water partition coefficient (Wildman–Crippen LogP) is 1.63. The summed E-state index contributed by atoms with van der Waals surface area (Å²) in [5.74, 6) is 1.33. The molecule has 1 saturated carbocycles. The molecular weight excluding hydrogens is 232 g/mol. The molecule has 0 radical (unpaired) electrons. The summed E-state index contributed by atoms with van der Waals surface area (Å²) < 4.78 is 10.5. The monoisotopic (exact) mass is 248 g/mol. The van der Waals surface area contributed by atoms with Crippen molar-refractivity contribution in [1.82, 2.24) is 0 Å². The Balaban J connectivity index is 1.63. The summed E-state index contributed by atoms with van der Waals surface area (Å²) in [7, 11) is 0. The molecule has 1 fully saturated rings. The summed E-state index contributed by atoms with van der Waals surface area (Å²) in [6.45, 7) is 0.235. The Morgan fingerprint density at radius 1 is 1.33 bits per heavy atom. The van der Waals surface area contributed by atoms with E-state index in [1.165, 1.54) is 0 Å². The Hall–Kier alpha value is -1.75. The molecule has 3 N–H and O–H groups in total. The van der Waals surface area contributed by atoms with Crippen LogP contribution >= 0.6 is 0 Å². The number of amides is 1. The fourth-order valence-electron chi connectivity index (χ4n) is 2.31. The van der Waals surface area contributed by atoms with Crippen LogP contribution in [0.1, 0.15) is 25.7 Å². The molecule has 5 heteroatoms. The van der Waals surface area contributed by atoms with E-state index in [1.54, 1.807) is 18.2 Å². The van der Waals surface area contributed by atoms with Gasteiger partial charge in [0.15, 0.2) is 11.5 Å². The average Bonchev–Trinajstić information content (AvgIpc) is 2.74. The maximum Gasteiger partial charge on any atom is 0.231 e. The Kier molecular flexibility index (Phi) is 2.63. The SMILES string of the molecule is NC1(CC(=O)Nc2ccc3c(c2)OCO3)CCC1. The van der Waals surface area contributed by atoms with Crippen molar-refractivity contribution in [3.8, 4) is 11.5 Å². The highest BCUT2D eigenvalue weighted by atomic mass is 16.7. The molecule has 1 aliphatic carbocycles. The van der Waals surface area contributed by atoms with Crippen molar-refractivity contribution < 1.29 is 14.3 Å². The topological polar surface area (TPSA) is 73.6 Å². The molecule has 0 unspecified atom stereocenters. The smallest absolute Gasteiger partial charge is 0.231 e. The van der Waals surface area contributed by atoms with Crippen molar-refractivity contribution in [2.24, 2.45) is 5.73 Å². The van der Waals surface area contributed by atoms with E-state index in [4.69, 9.17) is 15.2 Å². The molecule has 1 aliphatic heterocycles. The number of benzene rings is 1. The van der Waals surface area contributed by atoms with Gasteiger partial charge in [-0.2, -0.15) is 0 Å². The Labute approximate surface area is 105 Å². The number of nitrogens with two attached hydrogens (primary N) is 1. The Bertz CT molecular complexity index is 483. The van der Waals surface area contributed by atoms with E-state index in [1.807, 2.05) is 0 Å². The number of ether oxygens (including phenoxy) is 2. The molecule has 2 aliphatic rings. The summed E-state index contributed by atoms with van der Waals surface area (Å²) in [4.78, 5) is 11.9. The van der Waals surface area contributed by atoms with Crippen molar-refractivity contribution in [1.29, 1.82) is 0 Å². The van der Waals surface area contributed by atoms with Crippen molar-refractivity contribution in [2.75, 3.05) is 12.1 Å². The zero-order valence-electron chi connectivity index (χ0n) is 10.1. The first kappa shape index (κ1) is 11.3. The molecule has 96 valence electrons. The largest absolute Gasteiger partial charge is 0.454 e. The van der Waals surface area contributed by atoms with Gasteiger partial charge in [-0.25, -0.2) is 0 Å². The van der Waals surface area contributed by atoms with E-state index in [2.05, 4.69) is 5.32 Å². The van der Waals surface area contributed by atoms with Gasteiger partial charge < -0.3 is 20.5 Å². The molecule has 1 heterocycles. The molecular formula is C13H16N2O3. The van der Waals surface area contributed by atoms with E-state index in [0.29, 0.717) is 23.6 Å². The summed E-state index contributed by atoms with van der Waals surface area (Å²) >= 11 is 0. The normalized spacial score (nSPS) is 19.2. The number of hydrogen-bond donors (Lipinski definition) is 2. The fraction of sp³-hybridized carbons (Fsp3) is 0.462. The molecule has 0 saturated heterocycles. The number of fused-ring (bicyclic) bond motifs is 1. The van der Waals surface area contributed by atoms with Crippen molar-refractivity contribution >= 4 is 11.6 Å². The summed E-state index contributed by atoms with van der Waals surface area (Å²) in [5, 5.41) is 2.84. The van der Waals surface area contributed by atoms with Gasteiger partial charge in [0.1, 0.15) is 0 Å². The van der Waals surface area contributed by atoms with E-state index >= 15 is 0 Å². The lowest BCUT2D eigenvalue weighted by Crippen LogP contribution is -2.48. The molecule has 0 bridgehead atoms. The van der Waals surface area contributed by atoms with Crippen LogP contribution in [0.4, 0.5) is 5.69 Å². The second-order valence-electron chi connectivity index (χ2n) is 5.01. The molecule has 1 amide bonds. The first-order chi connectivity index (χ1) is 8.65. The van der Waals surface area contributed by atoms with Crippen LogP contribution in [-0.4, -0.2) is 18.2 Å². The Morgan fingerprint density at radius 2 is 2.11 bits per heavy atom. The molecule has 1 aromatic carbocycles. The number of nitrogens with one attached hydrogen (secondary N) is 1. The van der Waals surface area contributed by atoms with Crippen LogP contribution in [0, 0.1) is 0 Å². The minimum Gasteiger partial charge on any atom is -0.454 e. The van der Waals surface area contributed by atoms with Crippen LogP contribution in [0.2, 0.25) is 0 Å². The van der Waals surface area contributed by atoms with E-state index in [9.17, 15) is 4.79 Å². The van der Waals surface area contributed by atoms with Crippen LogP contribution in [-0.2, 0) is 4.79 Å². The predicted molar refractivity (Wildman–Crippen MR) is 66.6 cm³/mol. The minimum absolute atomic E-state index is 0.0453. The highest BCUT2D eigenvalue weighted by molar-refractivity contribution is 5.92. The number of carbonyl (C=O) groups excluding carboxylic acids is 1. The highest BCUT2D eigenvalue weighted by Crippen LogP contribution is 2.35. The molecule has 0 atom stereocenters. The second-order valence-corrected chi connectivity index (χ2v) is 5.01. The Morgan fingerprint density at radius 3 is 2.83 bits per heavy atom. The standard InChI is InChI=1S/C13H16N2O3/c14-13(4-1-5-13)7-12(16)15-9-2-3-10-11(6-9)18-8-17-10/h2-3,6H,1,4-5,7-8,14H2,(H,15,16). The molecule has 0 aromatic heterocycles. The fourth-order valence-corrected chi connectivity index (χ4v) is 2.31. The molecule has 18 heavy (non-hydrogen) atoms. The van der Waals surface area contributed by atoms with E-state index < -0.39 is 0 Å². The maximum atomic E-state index is 11.9. The lowest BCUT2D eigenvalue weighted by atomic mass is 9.75. The van der Waals surface area contributed by atoms with Crippen LogP contribution in [0.25, 0.3) is 0 Å². The first-order valence-corrected chi connectivity index (χ1v) is 6.13. The lowest BCUT2D eigenvalue weighted by molar-refractivity contribution is -0.118. The summed E-state index contributed by atoms with van der Waals surface area (Å²) in [5.41, 5.74) is 6.47. The van der Waals surface area contributed by atoms with Gasteiger partial charge in [-0.3, -0.25) is 4.79 Å². The zero-order chi connectivity index (χ0) is 12.6. The number of hydrogen-bond acceptors (Lipinski definition) is 4. The number of rotatable bonds is 3. The third-order valence-electron chi connectivity index (χ3n) is 3.52. The van der Waals surface area contributed by atoms with Gasteiger partial charge >= 0.3 is 0 Å². The maximum absolute atomic E-state index is 11.9. The van der Waals surface area contributed by atoms with Crippen LogP contribution in [0.3, 0.4) is 0 Å². The van der Waals surface area contributed by atoms with Gasteiger partial charge in [0.2, 0.25) is 12.7 Å². The molecule has 0 spiro atoms. The van der Waals surface area contributed by atoms with Gasteiger partial charge in [0, 0.05) is 23.7 Å². The third-order valence-corrected chi connectivity index (χ3v) is 3.52. The average molecular weight is 248 g/mol. The molecule has 1 aromatic rings. The highest BCUT2D eigenvalue weighted by Gasteiger charge is 2.34. The zero-order valence-corrected chi connectivity index (χ0v) is 10.1. The minimum atomic E-state index is -0.291. The second kappa shape index (κ2) is 4.17. The summed E-state index contributed by atoms with van der Waals surface area (Å²) in [6, 6.07) is 5.36.